The zero-order valence-corrected chi connectivity index (χ0v) is 19.4. The number of nitro benzene ring substituents is 1. The van der Waals surface area contributed by atoms with Crippen molar-refractivity contribution in [3.05, 3.63) is 93.5 Å². The summed E-state index contributed by atoms with van der Waals surface area (Å²) in [4.78, 5) is 35.7. The van der Waals surface area contributed by atoms with Gasteiger partial charge in [-0.15, -0.1) is 0 Å². The van der Waals surface area contributed by atoms with Gasteiger partial charge in [0.2, 0.25) is 0 Å². The fourth-order valence-electron chi connectivity index (χ4n) is 3.10. The van der Waals surface area contributed by atoms with E-state index in [-0.39, 0.29) is 35.1 Å². The summed E-state index contributed by atoms with van der Waals surface area (Å²) >= 11 is 0. The number of ether oxygens (including phenoxy) is 3. The predicted octanol–water partition coefficient (Wildman–Crippen LogP) is 4.77. The van der Waals surface area contributed by atoms with Gasteiger partial charge in [0, 0.05) is 6.07 Å². The summed E-state index contributed by atoms with van der Waals surface area (Å²) in [5, 5.41) is 23.1. The molecule has 1 amide bonds. The van der Waals surface area contributed by atoms with E-state index in [1.54, 1.807) is 37.3 Å². The van der Waals surface area contributed by atoms with Crippen molar-refractivity contribution in [2.45, 2.75) is 6.92 Å². The molecule has 0 aromatic heterocycles. The van der Waals surface area contributed by atoms with E-state index in [2.05, 4.69) is 5.32 Å². The van der Waals surface area contributed by atoms with Gasteiger partial charge in [-0.25, -0.2) is 4.79 Å². The third kappa shape index (κ3) is 6.24. The Morgan fingerprint density at radius 1 is 1.08 bits per heavy atom. The highest BCUT2D eigenvalue weighted by Crippen LogP contribution is 2.31. The minimum absolute atomic E-state index is 0.0375. The molecule has 1 N–H and O–H groups in total. The van der Waals surface area contributed by atoms with Crippen molar-refractivity contribution in [2.24, 2.45) is 0 Å². The normalized spacial score (nSPS) is 10.6. The molecular weight excluding hydrogens is 466 g/mol. The maximum absolute atomic E-state index is 12.6. The lowest BCUT2D eigenvalue weighted by atomic mass is 10.1. The van der Waals surface area contributed by atoms with Crippen LogP contribution in [0.1, 0.15) is 22.8 Å². The lowest BCUT2D eigenvalue weighted by molar-refractivity contribution is -0.383. The number of nitriles is 1. The molecule has 0 spiro atoms. The molecule has 0 saturated carbocycles. The maximum atomic E-state index is 12.6. The minimum Gasteiger partial charge on any atom is -0.497 e. The highest BCUT2D eigenvalue weighted by atomic mass is 16.6. The Morgan fingerprint density at radius 2 is 1.81 bits per heavy atom. The molecule has 3 aromatic rings. The molecule has 0 unspecified atom stereocenters. The van der Waals surface area contributed by atoms with Crippen molar-refractivity contribution in [1.29, 1.82) is 5.26 Å². The number of amides is 1. The van der Waals surface area contributed by atoms with E-state index in [4.69, 9.17) is 14.2 Å². The van der Waals surface area contributed by atoms with Gasteiger partial charge in [-0.05, 0) is 61.0 Å². The smallest absolute Gasteiger partial charge is 0.343 e. The molecule has 0 aliphatic rings. The molecule has 10 heteroatoms. The molecule has 0 heterocycles. The van der Waals surface area contributed by atoms with Crippen LogP contribution < -0.4 is 19.5 Å². The van der Waals surface area contributed by atoms with E-state index < -0.39 is 16.8 Å². The number of methoxy groups -OCH3 is 1. The van der Waals surface area contributed by atoms with Crippen molar-refractivity contribution in [1.82, 2.24) is 0 Å². The van der Waals surface area contributed by atoms with Gasteiger partial charge in [-0.3, -0.25) is 14.9 Å². The van der Waals surface area contributed by atoms with Crippen LogP contribution in [0, 0.1) is 21.4 Å². The molecule has 0 aliphatic carbocycles. The molecule has 0 saturated heterocycles. The number of carbonyl (C=O) groups excluding carboxylic acids is 2. The predicted molar refractivity (Wildman–Crippen MR) is 131 cm³/mol. The second-order valence-corrected chi connectivity index (χ2v) is 7.16. The molecule has 182 valence electrons. The van der Waals surface area contributed by atoms with Gasteiger partial charge in [0.15, 0.2) is 11.5 Å². The standard InChI is InChI=1S/C26H21N3O7/c1-3-35-24-15-17(8-13-23(24)36-26(31)18-9-11-20(34-2)12-10-18)14-19(16-27)25(30)28-21-6-4-5-7-22(21)29(32)33/h4-15H,3H2,1-2H3,(H,28,30)/b19-14+. The molecule has 3 aromatic carbocycles. The second kappa shape index (κ2) is 11.8. The molecule has 0 fully saturated rings. The summed E-state index contributed by atoms with van der Waals surface area (Å²) in [7, 11) is 1.52. The average Bonchev–Trinajstić information content (AvgIpc) is 2.88. The molecule has 0 bridgehead atoms. The minimum atomic E-state index is -0.820. The van der Waals surface area contributed by atoms with Crippen molar-refractivity contribution >= 4 is 29.3 Å². The zero-order valence-electron chi connectivity index (χ0n) is 19.4. The fourth-order valence-corrected chi connectivity index (χ4v) is 3.10. The number of nitrogens with one attached hydrogen (secondary N) is 1. The fraction of sp³-hybridized carbons (Fsp3) is 0.115. The van der Waals surface area contributed by atoms with E-state index in [0.717, 1.165) is 0 Å². The molecule has 0 aliphatic heterocycles. The lowest BCUT2D eigenvalue weighted by Crippen LogP contribution is -2.14. The van der Waals surface area contributed by atoms with E-state index in [1.165, 1.54) is 55.7 Å². The third-order valence-electron chi connectivity index (χ3n) is 4.82. The van der Waals surface area contributed by atoms with Crippen LogP contribution in [-0.4, -0.2) is 30.5 Å². The summed E-state index contributed by atoms with van der Waals surface area (Å²) in [6.45, 7) is 2.02. The van der Waals surface area contributed by atoms with Gasteiger partial charge >= 0.3 is 5.97 Å². The van der Waals surface area contributed by atoms with Crippen LogP contribution in [0.3, 0.4) is 0 Å². The number of rotatable bonds is 9. The van der Waals surface area contributed by atoms with E-state index in [1.807, 2.05) is 0 Å². The summed E-state index contributed by atoms with van der Waals surface area (Å²) in [6, 6.07) is 18.3. The van der Waals surface area contributed by atoms with Crippen LogP contribution >= 0.6 is 0 Å². The van der Waals surface area contributed by atoms with Gasteiger partial charge < -0.3 is 19.5 Å². The highest BCUT2D eigenvalue weighted by Gasteiger charge is 2.18. The first-order valence-corrected chi connectivity index (χ1v) is 10.7. The Bertz CT molecular complexity index is 1360. The topological polar surface area (TPSA) is 141 Å². The quantitative estimate of drug-likeness (QED) is 0.114. The molecular formula is C26H21N3O7. The molecule has 0 atom stereocenters. The molecule has 0 radical (unpaired) electrons. The largest absolute Gasteiger partial charge is 0.497 e. The Hall–Kier alpha value is -5.17. The van der Waals surface area contributed by atoms with Crippen LogP contribution in [0.4, 0.5) is 11.4 Å². The summed E-state index contributed by atoms with van der Waals surface area (Å²) < 4.78 is 16.1. The molecule has 10 nitrogen and oxygen atoms in total. The third-order valence-corrected chi connectivity index (χ3v) is 4.82. The Balaban J connectivity index is 1.83. The second-order valence-electron chi connectivity index (χ2n) is 7.16. The number of nitrogens with zero attached hydrogens (tertiary/aromatic N) is 2. The van der Waals surface area contributed by atoms with Crippen LogP contribution in [0.5, 0.6) is 17.2 Å². The summed E-state index contributed by atoms with van der Waals surface area (Å²) in [5.74, 6) is -0.456. The first kappa shape index (κ1) is 25.5. The number of para-hydroxylation sites is 2. The van der Waals surface area contributed by atoms with Gasteiger partial charge in [0.05, 0.1) is 24.2 Å². The van der Waals surface area contributed by atoms with Crippen molar-refractivity contribution in [2.75, 3.05) is 19.0 Å². The number of carbonyl (C=O) groups is 2. The highest BCUT2D eigenvalue weighted by molar-refractivity contribution is 6.10. The summed E-state index contributed by atoms with van der Waals surface area (Å²) in [6.07, 6.45) is 1.29. The van der Waals surface area contributed by atoms with Crippen LogP contribution in [-0.2, 0) is 4.79 Å². The van der Waals surface area contributed by atoms with Gasteiger partial charge in [-0.1, -0.05) is 18.2 Å². The number of esters is 1. The number of benzene rings is 3. The molecule has 3 rings (SSSR count). The van der Waals surface area contributed by atoms with Crippen LogP contribution in [0.15, 0.2) is 72.3 Å². The maximum Gasteiger partial charge on any atom is 0.343 e. The number of anilines is 1. The number of hydrogen-bond donors (Lipinski definition) is 1. The van der Waals surface area contributed by atoms with Crippen LogP contribution in [0.2, 0.25) is 0 Å². The molecule has 36 heavy (non-hydrogen) atoms. The van der Waals surface area contributed by atoms with Crippen LogP contribution in [0.25, 0.3) is 6.08 Å². The van der Waals surface area contributed by atoms with Gasteiger partial charge in [-0.2, -0.15) is 5.26 Å². The Morgan fingerprint density at radius 3 is 2.44 bits per heavy atom. The number of nitro groups is 1. The monoisotopic (exact) mass is 487 g/mol. The number of hydrogen-bond acceptors (Lipinski definition) is 8. The first-order chi connectivity index (χ1) is 17.4. The SMILES string of the molecule is CCOc1cc(/C=C(\C#N)C(=O)Nc2ccccc2[N+](=O)[O-])ccc1OC(=O)c1ccc(OC)cc1. The van der Waals surface area contributed by atoms with Gasteiger partial charge in [0.25, 0.3) is 11.6 Å². The van der Waals surface area contributed by atoms with Gasteiger partial charge in [0.1, 0.15) is 23.1 Å². The zero-order chi connectivity index (χ0) is 26.1. The van der Waals surface area contributed by atoms with E-state index in [9.17, 15) is 25.0 Å². The van der Waals surface area contributed by atoms with Crippen molar-refractivity contribution in [3.8, 4) is 23.3 Å². The first-order valence-electron chi connectivity index (χ1n) is 10.7. The van der Waals surface area contributed by atoms with E-state index in [0.29, 0.717) is 16.9 Å². The lowest BCUT2D eigenvalue weighted by Gasteiger charge is -2.12. The van der Waals surface area contributed by atoms with Crippen molar-refractivity contribution in [3.63, 3.8) is 0 Å². The van der Waals surface area contributed by atoms with Crippen molar-refractivity contribution < 1.29 is 28.7 Å². The van der Waals surface area contributed by atoms with E-state index >= 15 is 0 Å². The Kier molecular flexibility index (Phi) is 8.35. The summed E-state index contributed by atoms with van der Waals surface area (Å²) in [5.41, 5.74) is 0.0884. The average molecular weight is 487 g/mol. The Labute approximate surface area is 206 Å².